The molecule has 0 unspecified atom stereocenters. The highest BCUT2D eigenvalue weighted by molar-refractivity contribution is 6.12. The number of rotatable bonds is 5. The molecule has 0 aliphatic carbocycles. The van der Waals surface area contributed by atoms with Gasteiger partial charge >= 0.3 is 0 Å². The maximum atomic E-state index is 12.9. The largest absolute Gasteiger partial charge is 0.457 e. The lowest BCUT2D eigenvalue weighted by atomic mass is 10.0. The summed E-state index contributed by atoms with van der Waals surface area (Å²) in [5.41, 5.74) is 2.97. The van der Waals surface area contributed by atoms with Gasteiger partial charge in [0.05, 0.1) is 11.9 Å². The molecular formula is C26H20N4O2. The van der Waals surface area contributed by atoms with E-state index in [1.54, 1.807) is 29.2 Å². The van der Waals surface area contributed by atoms with Crippen molar-refractivity contribution in [2.45, 2.75) is 0 Å². The second kappa shape index (κ2) is 8.35. The van der Waals surface area contributed by atoms with E-state index in [-0.39, 0.29) is 5.91 Å². The topological polar surface area (TPSA) is 69.0 Å². The van der Waals surface area contributed by atoms with Gasteiger partial charge in [-0.05, 0) is 35.0 Å². The van der Waals surface area contributed by atoms with Crippen molar-refractivity contribution in [3.63, 3.8) is 0 Å². The van der Waals surface area contributed by atoms with Gasteiger partial charge in [-0.3, -0.25) is 14.5 Å². The first-order chi connectivity index (χ1) is 15.7. The lowest BCUT2D eigenvalue weighted by Crippen LogP contribution is -2.12. The van der Waals surface area contributed by atoms with Crippen molar-refractivity contribution in [3.8, 4) is 22.8 Å². The minimum Gasteiger partial charge on any atom is -0.457 e. The summed E-state index contributed by atoms with van der Waals surface area (Å²) in [6.07, 6.45) is 5.36. The van der Waals surface area contributed by atoms with Gasteiger partial charge in [0.15, 0.2) is 0 Å². The number of aromatic nitrogens is 3. The van der Waals surface area contributed by atoms with Gasteiger partial charge in [0, 0.05) is 48.4 Å². The number of pyridine rings is 1. The van der Waals surface area contributed by atoms with Gasteiger partial charge in [-0.15, -0.1) is 0 Å². The van der Waals surface area contributed by atoms with Crippen molar-refractivity contribution in [3.05, 3.63) is 103 Å². The Bertz CT molecular complexity index is 1420. The monoisotopic (exact) mass is 420 g/mol. The summed E-state index contributed by atoms with van der Waals surface area (Å²) < 4.78 is 7.76. The number of hydrogen-bond acceptors (Lipinski definition) is 4. The number of amides is 1. The Morgan fingerprint density at radius 3 is 2.62 bits per heavy atom. The van der Waals surface area contributed by atoms with Crippen LogP contribution in [-0.4, -0.2) is 20.7 Å². The highest BCUT2D eigenvalue weighted by atomic mass is 16.5. The molecule has 32 heavy (non-hydrogen) atoms. The van der Waals surface area contributed by atoms with Crippen molar-refractivity contribution in [2.75, 3.05) is 5.32 Å². The van der Waals surface area contributed by atoms with E-state index in [4.69, 9.17) is 4.74 Å². The number of nitrogens with one attached hydrogen (secondary N) is 1. The fraction of sp³-hybridized carbons (Fsp3) is 0.0385. The number of hydrogen-bond donors (Lipinski definition) is 1. The fourth-order valence-electron chi connectivity index (χ4n) is 3.58. The SMILES string of the molecule is Cn1cc(-c2cc(Oc3cccc(NC(=O)c4cccc5ccccc45)c3)ccn2)cn1. The molecule has 0 fully saturated rings. The van der Waals surface area contributed by atoms with Crippen molar-refractivity contribution in [1.82, 2.24) is 14.8 Å². The summed E-state index contributed by atoms with van der Waals surface area (Å²) in [5, 5.41) is 9.10. The zero-order valence-corrected chi connectivity index (χ0v) is 17.4. The number of carbonyl (C=O) groups excluding carboxylic acids is 1. The molecule has 0 bridgehead atoms. The summed E-state index contributed by atoms with van der Waals surface area (Å²) in [6, 6.07) is 24.5. The first-order valence-corrected chi connectivity index (χ1v) is 10.2. The molecular weight excluding hydrogens is 400 g/mol. The van der Waals surface area contributed by atoms with E-state index in [0.29, 0.717) is 22.7 Å². The molecule has 0 saturated carbocycles. The molecule has 6 nitrogen and oxygen atoms in total. The van der Waals surface area contributed by atoms with Crippen LogP contribution in [0.5, 0.6) is 11.5 Å². The van der Waals surface area contributed by atoms with Gasteiger partial charge in [-0.25, -0.2) is 0 Å². The summed E-state index contributed by atoms with van der Waals surface area (Å²) in [4.78, 5) is 17.3. The first-order valence-electron chi connectivity index (χ1n) is 10.2. The van der Waals surface area contributed by atoms with Crippen LogP contribution in [-0.2, 0) is 7.05 Å². The van der Waals surface area contributed by atoms with E-state index in [9.17, 15) is 4.79 Å². The van der Waals surface area contributed by atoms with Gasteiger partial charge in [0.1, 0.15) is 11.5 Å². The summed E-state index contributed by atoms with van der Waals surface area (Å²) in [6.45, 7) is 0. The third-order valence-corrected chi connectivity index (χ3v) is 5.09. The highest BCUT2D eigenvalue weighted by Gasteiger charge is 2.11. The number of carbonyl (C=O) groups is 1. The molecule has 0 radical (unpaired) electrons. The number of fused-ring (bicyclic) bond motifs is 1. The number of anilines is 1. The molecule has 2 heterocycles. The predicted molar refractivity (Wildman–Crippen MR) is 125 cm³/mol. The zero-order valence-electron chi connectivity index (χ0n) is 17.4. The maximum Gasteiger partial charge on any atom is 0.256 e. The van der Waals surface area contributed by atoms with E-state index in [2.05, 4.69) is 15.4 Å². The Balaban J connectivity index is 1.35. The van der Waals surface area contributed by atoms with Gasteiger partial charge in [0.25, 0.3) is 5.91 Å². The molecule has 6 heteroatoms. The smallest absolute Gasteiger partial charge is 0.256 e. The van der Waals surface area contributed by atoms with Crippen molar-refractivity contribution in [1.29, 1.82) is 0 Å². The molecule has 0 atom stereocenters. The first kappa shape index (κ1) is 19.5. The van der Waals surface area contributed by atoms with Crippen molar-refractivity contribution in [2.24, 2.45) is 7.05 Å². The molecule has 2 aromatic heterocycles. The number of benzene rings is 3. The lowest BCUT2D eigenvalue weighted by Gasteiger charge is -2.11. The molecule has 1 amide bonds. The number of nitrogens with zero attached hydrogens (tertiary/aromatic N) is 3. The van der Waals surface area contributed by atoms with Crippen LogP contribution in [0.3, 0.4) is 0 Å². The van der Waals surface area contributed by atoms with E-state index >= 15 is 0 Å². The van der Waals surface area contributed by atoms with Crippen LogP contribution >= 0.6 is 0 Å². The molecule has 0 aliphatic rings. The summed E-state index contributed by atoms with van der Waals surface area (Å²) in [7, 11) is 1.86. The molecule has 5 rings (SSSR count). The van der Waals surface area contributed by atoms with Crippen LogP contribution in [0, 0.1) is 0 Å². The predicted octanol–water partition coefficient (Wildman–Crippen LogP) is 5.68. The van der Waals surface area contributed by atoms with Crippen LogP contribution in [0.2, 0.25) is 0 Å². The Hall–Kier alpha value is -4.45. The number of ether oxygens (including phenoxy) is 1. The molecule has 156 valence electrons. The highest BCUT2D eigenvalue weighted by Crippen LogP contribution is 2.27. The minimum absolute atomic E-state index is 0.165. The second-order valence-corrected chi connectivity index (χ2v) is 7.39. The van der Waals surface area contributed by atoms with E-state index in [0.717, 1.165) is 22.0 Å². The average Bonchev–Trinajstić information content (AvgIpc) is 3.25. The van der Waals surface area contributed by atoms with Gasteiger partial charge in [0.2, 0.25) is 0 Å². The molecule has 0 saturated heterocycles. The van der Waals surface area contributed by atoms with Gasteiger partial charge in [-0.2, -0.15) is 5.10 Å². The van der Waals surface area contributed by atoms with Gasteiger partial charge < -0.3 is 10.1 Å². The fourth-order valence-corrected chi connectivity index (χ4v) is 3.58. The van der Waals surface area contributed by atoms with E-state index < -0.39 is 0 Å². The minimum atomic E-state index is -0.165. The molecule has 0 spiro atoms. The number of aryl methyl sites for hydroxylation is 1. The van der Waals surface area contributed by atoms with Crippen LogP contribution in [0.4, 0.5) is 5.69 Å². The van der Waals surface area contributed by atoms with E-state index in [1.165, 1.54) is 0 Å². The van der Waals surface area contributed by atoms with Crippen molar-refractivity contribution < 1.29 is 9.53 Å². The molecule has 0 aliphatic heterocycles. The summed E-state index contributed by atoms with van der Waals surface area (Å²) in [5.74, 6) is 1.10. The third kappa shape index (κ3) is 4.06. The van der Waals surface area contributed by atoms with Crippen LogP contribution in [0.25, 0.3) is 22.0 Å². The van der Waals surface area contributed by atoms with Gasteiger partial charge in [-0.1, -0.05) is 42.5 Å². The zero-order chi connectivity index (χ0) is 21.9. The standard InChI is InChI=1S/C26H20N4O2/c1-30-17-19(16-28-30)25-15-22(12-13-27-25)32-21-9-5-8-20(14-21)29-26(31)24-11-4-7-18-6-2-3-10-23(18)24/h2-17H,1H3,(H,29,31). The van der Waals surface area contributed by atoms with E-state index in [1.807, 2.05) is 80.0 Å². The molecule has 3 aromatic carbocycles. The third-order valence-electron chi connectivity index (χ3n) is 5.09. The normalized spacial score (nSPS) is 10.8. The average molecular weight is 420 g/mol. The Morgan fingerprint density at radius 2 is 1.75 bits per heavy atom. The van der Waals surface area contributed by atoms with Crippen LogP contribution in [0.15, 0.2) is 97.5 Å². The van der Waals surface area contributed by atoms with Crippen LogP contribution in [0.1, 0.15) is 10.4 Å². The second-order valence-electron chi connectivity index (χ2n) is 7.39. The quantitative estimate of drug-likeness (QED) is 0.397. The molecule has 1 N–H and O–H groups in total. The Morgan fingerprint density at radius 1 is 0.938 bits per heavy atom. The van der Waals surface area contributed by atoms with Crippen molar-refractivity contribution >= 4 is 22.4 Å². The molecule has 5 aromatic rings. The maximum absolute atomic E-state index is 12.9. The van der Waals surface area contributed by atoms with Crippen LogP contribution < -0.4 is 10.1 Å². The Labute approximate surface area is 185 Å². The Kier molecular flexibility index (Phi) is 5.09. The summed E-state index contributed by atoms with van der Waals surface area (Å²) >= 11 is 0. The lowest BCUT2D eigenvalue weighted by molar-refractivity contribution is 0.102.